The minimum atomic E-state index is -0.981. The van der Waals surface area contributed by atoms with E-state index in [-0.39, 0.29) is 0 Å². The number of ether oxygens (including phenoxy) is 1. The van der Waals surface area contributed by atoms with Crippen LogP contribution in [-0.4, -0.2) is 11.5 Å². The van der Waals surface area contributed by atoms with Gasteiger partial charge in [-0.3, -0.25) is 4.79 Å². The van der Waals surface area contributed by atoms with Crippen LogP contribution in [0.5, 0.6) is 5.75 Å². The van der Waals surface area contributed by atoms with Gasteiger partial charge in [0.15, 0.2) is 5.60 Å². The number of amides is 1. The van der Waals surface area contributed by atoms with Gasteiger partial charge in [-0.25, -0.2) is 0 Å². The summed E-state index contributed by atoms with van der Waals surface area (Å²) >= 11 is 0. The van der Waals surface area contributed by atoms with E-state index in [1.165, 1.54) is 0 Å². The zero-order valence-corrected chi connectivity index (χ0v) is 10.3. The van der Waals surface area contributed by atoms with Gasteiger partial charge in [0.1, 0.15) is 5.75 Å². The summed E-state index contributed by atoms with van der Waals surface area (Å²) in [5, 5.41) is 0. The zero-order valence-electron chi connectivity index (χ0n) is 10.3. The number of rotatable bonds is 4. The van der Waals surface area contributed by atoms with Crippen LogP contribution in [0.25, 0.3) is 0 Å². The second kappa shape index (κ2) is 4.56. The molecule has 2 N–H and O–H groups in total. The molecular weight excluding hydrogens is 202 g/mol. The molecule has 0 aliphatic heterocycles. The molecule has 1 aromatic carbocycles. The second-order valence-electron chi connectivity index (χ2n) is 4.67. The standard InChI is InChI=1S/C13H19NO2/c1-9(2)10-7-5-6-8-11(10)16-13(3,4)12(14)15/h5-9H,1-4H3,(H2,14,15). The molecule has 0 spiro atoms. The van der Waals surface area contributed by atoms with Crippen LogP contribution in [-0.2, 0) is 4.79 Å². The van der Waals surface area contributed by atoms with E-state index in [1.807, 2.05) is 24.3 Å². The van der Waals surface area contributed by atoms with E-state index < -0.39 is 11.5 Å². The smallest absolute Gasteiger partial charge is 0.261 e. The third kappa shape index (κ3) is 2.75. The predicted octanol–water partition coefficient (Wildman–Crippen LogP) is 2.45. The molecule has 1 amide bonds. The summed E-state index contributed by atoms with van der Waals surface area (Å²) in [6.07, 6.45) is 0. The highest BCUT2D eigenvalue weighted by Crippen LogP contribution is 2.28. The van der Waals surface area contributed by atoms with Gasteiger partial charge in [-0.05, 0) is 31.4 Å². The number of nitrogens with two attached hydrogens (primary N) is 1. The molecule has 0 aliphatic carbocycles. The molecule has 1 rings (SSSR count). The number of carbonyl (C=O) groups is 1. The highest BCUT2D eigenvalue weighted by Gasteiger charge is 2.28. The average Bonchev–Trinajstić information content (AvgIpc) is 2.17. The largest absolute Gasteiger partial charge is 0.478 e. The number of para-hydroxylation sites is 1. The van der Waals surface area contributed by atoms with Gasteiger partial charge < -0.3 is 10.5 Å². The Morgan fingerprint density at radius 3 is 2.38 bits per heavy atom. The minimum Gasteiger partial charge on any atom is -0.478 e. The van der Waals surface area contributed by atoms with Crippen molar-refractivity contribution in [2.24, 2.45) is 5.73 Å². The predicted molar refractivity (Wildman–Crippen MR) is 64.4 cm³/mol. The van der Waals surface area contributed by atoms with Gasteiger partial charge in [-0.15, -0.1) is 0 Å². The maximum absolute atomic E-state index is 11.2. The Balaban J connectivity index is 3.01. The first-order chi connectivity index (χ1) is 7.34. The number of hydrogen-bond donors (Lipinski definition) is 1. The van der Waals surface area contributed by atoms with E-state index >= 15 is 0 Å². The van der Waals surface area contributed by atoms with E-state index in [9.17, 15) is 4.79 Å². The van der Waals surface area contributed by atoms with E-state index in [0.717, 1.165) is 11.3 Å². The Hall–Kier alpha value is -1.51. The molecule has 0 aliphatic rings. The molecular formula is C13H19NO2. The fraction of sp³-hybridized carbons (Fsp3) is 0.462. The molecule has 0 radical (unpaired) electrons. The summed E-state index contributed by atoms with van der Waals surface area (Å²) in [7, 11) is 0. The van der Waals surface area contributed by atoms with Crippen molar-refractivity contribution >= 4 is 5.91 Å². The number of benzene rings is 1. The number of primary amides is 1. The third-order valence-corrected chi connectivity index (χ3v) is 2.50. The Bertz CT molecular complexity index is 383. The molecule has 0 unspecified atom stereocenters. The van der Waals surface area contributed by atoms with Gasteiger partial charge in [0, 0.05) is 0 Å². The highest BCUT2D eigenvalue weighted by atomic mass is 16.5. The van der Waals surface area contributed by atoms with Crippen molar-refractivity contribution in [3.8, 4) is 5.75 Å². The lowest BCUT2D eigenvalue weighted by Crippen LogP contribution is -2.43. The van der Waals surface area contributed by atoms with E-state index in [2.05, 4.69) is 13.8 Å². The van der Waals surface area contributed by atoms with Crippen LogP contribution in [0.15, 0.2) is 24.3 Å². The lowest BCUT2D eigenvalue weighted by atomic mass is 10.0. The van der Waals surface area contributed by atoms with Crippen molar-refractivity contribution < 1.29 is 9.53 Å². The molecule has 0 bridgehead atoms. The molecule has 1 aromatic rings. The topological polar surface area (TPSA) is 52.3 Å². The van der Waals surface area contributed by atoms with Gasteiger partial charge in [-0.1, -0.05) is 32.0 Å². The van der Waals surface area contributed by atoms with Gasteiger partial charge in [-0.2, -0.15) is 0 Å². The van der Waals surface area contributed by atoms with Crippen LogP contribution >= 0.6 is 0 Å². The van der Waals surface area contributed by atoms with Crippen LogP contribution in [0.3, 0.4) is 0 Å². The van der Waals surface area contributed by atoms with Crippen LogP contribution in [0.1, 0.15) is 39.2 Å². The summed E-state index contributed by atoms with van der Waals surface area (Å²) in [6, 6.07) is 7.70. The maximum Gasteiger partial charge on any atom is 0.261 e. The van der Waals surface area contributed by atoms with Crippen LogP contribution in [0.4, 0.5) is 0 Å². The molecule has 0 aromatic heterocycles. The first-order valence-corrected chi connectivity index (χ1v) is 5.42. The molecule has 3 nitrogen and oxygen atoms in total. The first kappa shape index (κ1) is 12.6. The Labute approximate surface area is 96.6 Å². The molecule has 88 valence electrons. The normalized spacial score (nSPS) is 11.6. The monoisotopic (exact) mass is 221 g/mol. The lowest BCUT2D eigenvalue weighted by Gasteiger charge is -2.25. The van der Waals surface area contributed by atoms with E-state index in [0.29, 0.717) is 5.92 Å². The summed E-state index contributed by atoms with van der Waals surface area (Å²) in [6.45, 7) is 7.51. The maximum atomic E-state index is 11.2. The molecule has 16 heavy (non-hydrogen) atoms. The summed E-state index contributed by atoms with van der Waals surface area (Å²) in [4.78, 5) is 11.2. The highest BCUT2D eigenvalue weighted by molar-refractivity contribution is 5.82. The van der Waals surface area contributed by atoms with Crippen molar-refractivity contribution in [2.45, 2.75) is 39.2 Å². The van der Waals surface area contributed by atoms with E-state index in [1.54, 1.807) is 13.8 Å². The number of carbonyl (C=O) groups excluding carboxylic acids is 1. The number of hydrogen-bond acceptors (Lipinski definition) is 2. The quantitative estimate of drug-likeness (QED) is 0.849. The first-order valence-electron chi connectivity index (χ1n) is 5.42. The van der Waals surface area contributed by atoms with Crippen LogP contribution < -0.4 is 10.5 Å². The van der Waals surface area contributed by atoms with Crippen LogP contribution in [0.2, 0.25) is 0 Å². The fourth-order valence-corrected chi connectivity index (χ4v) is 1.38. The van der Waals surface area contributed by atoms with Crippen LogP contribution in [0, 0.1) is 0 Å². The van der Waals surface area contributed by atoms with Crippen molar-refractivity contribution in [1.82, 2.24) is 0 Å². The molecule has 0 saturated heterocycles. The third-order valence-electron chi connectivity index (χ3n) is 2.50. The van der Waals surface area contributed by atoms with Crippen molar-refractivity contribution in [3.63, 3.8) is 0 Å². The zero-order chi connectivity index (χ0) is 12.3. The summed E-state index contributed by atoms with van der Waals surface area (Å²) in [5.74, 6) is 0.604. The molecule has 0 heterocycles. The van der Waals surface area contributed by atoms with Gasteiger partial charge >= 0.3 is 0 Å². The Morgan fingerprint density at radius 2 is 1.88 bits per heavy atom. The molecule has 3 heteroatoms. The van der Waals surface area contributed by atoms with E-state index in [4.69, 9.17) is 10.5 Å². The minimum absolute atomic E-state index is 0.347. The second-order valence-corrected chi connectivity index (χ2v) is 4.67. The lowest BCUT2D eigenvalue weighted by molar-refractivity contribution is -0.130. The van der Waals surface area contributed by atoms with Gasteiger partial charge in [0.25, 0.3) is 5.91 Å². The molecule has 0 atom stereocenters. The SMILES string of the molecule is CC(C)c1ccccc1OC(C)(C)C(N)=O. The Morgan fingerprint density at radius 1 is 1.31 bits per heavy atom. The molecule has 0 saturated carbocycles. The molecule has 0 fully saturated rings. The van der Waals surface area contributed by atoms with Gasteiger partial charge in [0.2, 0.25) is 0 Å². The van der Waals surface area contributed by atoms with Crippen molar-refractivity contribution in [3.05, 3.63) is 29.8 Å². The fourth-order valence-electron chi connectivity index (χ4n) is 1.38. The summed E-state index contributed by atoms with van der Waals surface area (Å²) in [5.41, 5.74) is 5.38. The van der Waals surface area contributed by atoms with Gasteiger partial charge in [0.05, 0.1) is 0 Å². The van der Waals surface area contributed by atoms with Crippen molar-refractivity contribution in [1.29, 1.82) is 0 Å². The summed E-state index contributed by atoms with van der Waals surface area (Å²) < 4.78 is 5.68. The van der Waals surface area contributed by atoms with Crippen molar-refractivity contribution in [2.75, 3.05) is 0 Å². The Kier molecular flexibility index (Phi) is 3.58. The average molecular weight is 221 g/mol.